The van der Waals surface area contributed by atoms with Crippen LogP contribution >= 0.6 is 22.9 Å². The van der Waals surface area contributed by atoms with Gasteiger partial charge in [0.15, 0.2) is 0 Å². The Morgan fingerprint density at radius 2 is 2.00 bits per heavy atom. The highest BCUT2D eigenvalue weighted by Crippen LogP contribution is 2.33. The smallest absolute Gasteiger partial charge is 0.368 e. The van der Waals surface area contributed by atoms with Gasteiger partial charge in [-0.2, -0.15) is 22.5 Å². The highest BCUT2D eigenvalue weighted by Gasteiger charge is 2.39. The van der Waals surface area contributed by atoms with Gasteiger partial charge in [0.1, 0.15) is 16.1 Å². The number of carbonyl (C=O) groups is 1. The zero-order chi connectivity index (χ0) is 24.4. The maximum absolute atomic E-state index is 14.8. The summed E-state index contributed by atoms with van der Waals surface area (Å²) in [5.41, 5.74) is 5.27. The number of rotatable bonds is 9. The maximum Gasteiger partial charge on any atom is 0.389 e. The van der Waals surface area contributed by atoms with Crippen molar-refractivity contribution in [1.29, 1.82) is 0 Å². The van der Waals surface area contributed by atoms with Crippen molar-refractivity contribution in [2.45, 2.75) is 35.8 Å². The van der Waals surface area contributed by atoms with E-state index in [9.17, 15) is 30.8 Å². The van der Waals surface area contributed by atoms with Crippen molar-refractivity contribution in [3.63, 3.8) is 0 Å². The van der Waals surface area contributed by atoms with Crippen LogP contribution in [0.3, 0.4) is 0 Å². The first-order chi connectivity index (χ1) is 15.4. The van der Waals surface area contributed by atoms with Gasteiger partial charge in [0.05, 0.1) is 4.34 Å². The van der Waals surface area contributed by atoms with Crippen LogP contribution in [0.15, 0.2) is 45.5 Å². The van der Waals surface area contributed by atoms with Crippen molar-refractivity contribution in [2.75, 3.05) is 0 Å². The number of thiophene rings is 1. The molecule has 0 radical (unpaired) electrons. The van der Waals surface area contributed by atoms with E-state index in [4.69, 9.17) is 17.3 Å². The number of nitrogens with zero attached hydrogens (tertiary/aromatic N) is 3. The van der Waals surface area contributed by atoms with E-state index in [1.807, 2.05) is 0 Å². The molecule has 0 aliphatic heterocycles. The Labute approximate surface area is 194 Å². The molecular weight excluding hydrogens is 512 g/mol. The molecule has 0 fully saturated rings. The van der Waals surface area contributed by atoms with Crippen molar-refractivity contribution < 1.29 is 35.3 Å². The zero-order valence-electron chi connectivity index (χ0n) is 16.4. The van der Waals surface area contributed by atoms with Gasteiger partial charge in [-0.25, -0.2) is 12.8 Å². The number of alkyl halides is 3. The minimum Gasteiger partial charge on any atom is -0.368 e. The summed E-state index contributed by atoms with van der Waals surface area (Å²) in [4.78, 5) is 15.8. The molecule has 0 saturated heterocycles. The zero-order valence-corrected chi connectivity index (χ0v) is 18.8. The minimum absolute atomic E-state index is 0.0679. The summed E-state index contributed by atoms with van der Waals surface area (Å²) in [6.45, 7) is -0.762. The molecule has 8 nitrogen and oxygen atoms in total. The Balaban J connectivity index is 2.02. The van der Waals surface area contributed by atoms with Crippen molar-refractivity contribution >= 4 is 38.9 Å². The first kappa shape index (κ1) is 25.1. The van der Waals surface area contributed by atoms with Crippen molar-refractivity contribution in [1.82, 2.24) is 14.4 Å². The van der Waals surface area contributed by atoms with Gasteiger partial charge in [-0.15, -0.1) is 11.3 Å². The van der Waals surface area contributed by atoms with Crippen LogP contribution in [0.4, 0.5) is 17.6 Å². The van der Waals surface area contributed by atoms with Crippen molar-refractivity contribution in [2.24, 2.45) is 5.73 Å². The molecule has 0 aliphatic rings. The second kappa shape index (κ2) is 9.75. The van der Waals surface area contributed by atoms with E-state index >= 15 is 0 Å². The van der Waals surface area contributed by atoms with Crippen molar-refractivity contribution in [3.05, 3.63) is 52.4 Å². The Morgan fingerprint density at radius 1 is 1.27 bits per heavy atom. The SMILES string of the molecule is NC(=O)[C@@H](CCC(F)(F)F)N(Cc1ccc(-c2ncon2)cc1F)S(=O)(=O)c1ccc(Cl)s1. The van der Waals surface area contributed by atoms with Gasteiger partial charge in [0.2, 0.25) is 18.1 Å². The van der Waals surface area contributed by atoms with Crippen LogP contribution < -0.4 is 5.73 Å². The van der Waals surface area contributed by atoms with Gasteiger partial charge in [-0.1, -0.05) is 28.9 Å². The van der Waals surface area contributed by atoms with Crippen LogP contribution in [0.5, 0.6) is 0 Å². The fourth-order valence-electron chi connectivity index (χ4n) is 2.92. The Hall–Kier alpha value is -2.55. The quantitative estimate of drug-likeness (QED) is 0.421. The molecular formula is C18H15ClF4N4O4S2. The highest BCUT2D eigenvalue weighted by molar-refractivity contribution is 7.91. The summed E-state index contributed by atoms with van der Waals surface area (Å²) < 4.78 is 84.5. The second-order valence-electron chi connectivity index (χ2n) is 6.74. The number of aromatic nitrogens is 2. The molecule has 3 rings (SSSR count). The molecule has 0 aliphatic carbocycles. The van der Waals surface area contributed by atoms with Crippen LogP contribution in [-0.4, -0.2) is 41.0 Å². The molecule has 0 saturated carbocycles. The lowest BCUT2D eigenvalue weighted by Gasteiger charge is -2.29. The fraction of sp³-hybridized carbons (Fsp3) is 0.278. The predicted molar refractivity (Wildman–Crippen MR) is 110 cm³/mol. The average molecular weight is 527 g/mol. The number of primary amides is 1. The summed E-state index contributed by atoms with van der Waals surface area (Å²) in [6.07, 6.45) is -6.07. The number of benzene rings is 1. The number of sulfonamides is 1. The summed E-state index contributed by atoms with van der Waals surface area (Å²) in [6, 6.07) is 4.08. The standard InChI is InChI=1S/C18H15ClF4N4O4S2/c19-14-3-4-15(32-14)33(29,30)27(13(16(24)28)5-6-18(21,22)23)8-11-2-1-10(7-12(11)20)17-25-9-31-26-17/h1-4,7,9,13H,5-6,8H2,(H2,24,28)/t13-/m1/s1. The van der Waals surface area contributed by atoms with Crippen LogP contribution in [0.25, 0.3) is 11.4 Å². The lowest BCUT2D eigenvalue weighted by Crippen LogP contribution is -2.47. The molecule has 15 heteroatoms. The van der Waals surface area contributed by atoms with E-state index in [1.165, 1.54) is 18.2 Å². The van der Waals surface area contributed by atoms with Crippen LogP contribution in [0.2, 0.25) is 4.34 Å². The third-order valence-electron chi connectivity index (χ3n) is 4.49. The van der Waals surface area contributed by atoms with E-state index in [0.29, 0.717) is 15.6 Å². The second-order valence-corrected chi connectivity index (χ2v) is 10.6. The van der Waals surface area contributed by atoms with Gasteiger partial charge in [0.25, 0.3) is 10.0 Å². The van der Waals surface area contributed by atoms with Gasteiger partial charge in [-0.3, -0.25) is 4.79 Å². The largest absolute Gasteiger partial charge is 0.389 e. The molecule has 178 valence electrons. The highest BCUT2D eigenvalue weighted by atomic mass is 35.5. The van der Waals surface area contributed by atoms with Crippen molar-refractivity contribution in [3.8, 4) is 11.4 Å². The first-order valence-corrected chi connectivity index (χ1v) is 11.7. The summed E-state index contributed by atoms with van der Waals surface area (Å²) >= 11 is 6.43. The molecule has 33 heavy (non-hydrogen) atoms. The molecule has 1 aromatic carbocycles. The molecule has 1 amide bonds. The Kier molecular flexibility index (Phi) is 7.41. The van der Waals surface area contributed by atoms with E-state index in [-0.39, 0.29) is 25.5 Å². The molecule has 2 aromatic heterocycles. The topological polar surface area (TPSA) is 119 Å². The third-order valence-corrected chi connectivity index (χ3v) is 8.04. The summed E-state index contributed by atoms with van der Waals surface area (Å²) in [5.74, 6) is -2.14. The molecule has 0 bridgehead atoms. The predicted octanol–water partition coefficient (Wildman–Crippen LogP) is 3.98. The van der Waals surface area contributed by atoms with E-state index in [2.05, 4.69) is 14.7 Å². The Morgan fingerprint density at radius 3 is 2.52 bits per heavy atom. The molecule has 3 aromatic rings. The molecule has 0 unspecified atom stereocenters. The van der Waals surface area contributed by atoms with E-state index in [1.54, 1.807) is 0 Å². The number of amides is 1. The fourth-order valence-corrected chi connectivity index (χ4v) is 6.14. The number of hydrogen-bond acceptors (Lipinski definition) is 7. The van der Waals surface area contributed by atoms with Gasteiger partial charge in [0, 0.05) is 24.1 Å². The lowest BCUT2D eigenvalue weighted by atomic mass is 10.1. The number of hydrogen-bond donors (Lipinski definition) is 1. The Bertz CT molecular complexity index is 1230. The summed E-state index contributed by atoms with van der Waals surface area (Å²) in [5, 5.41) is 3.56. The van der Waals surface area contributed by atoms with Gasteiger partial charge >= 0.3 is 6.18 Å². The van der Waals surface area contributed by atoms with E-state index in [0.717, 1.165) is 18.5 Å². The lowest BCUT2D eigenvalue weighted by molar-refractivity contribution is -0.140. The first-order valence-electron chi connectivity index (χ1n) is 9.07. The van der Waals surface area contributed by atoms with Crippen LogP contribution in [0.1, 0.15) is 18.4 Å². The van der Waals surface area contributed by atoms with Crippen LogP contribution in [0, 0.1) is 5.82 Å². The van der Waals surface area contributed by atoms with Gasteiger partial charge in [-0.05, 0) is 24.6 Å². The molecule has 1 atom stereocenters. The third kappa shape index (κ3) is 6.07. The van der Waals surface area contributed by atoms with E-state index < -0.39 is 53.4 Å². The molecule has 0 spiro atoms. The maximum atomic E-state index is 14.8. The normalized spacial score (nSPS) is 13.4. The molecule has 2 heterocycles. The number of halogens is 5. The number of carbonyl (C=O) groups excluding carboxylic acids is 1. The number of nitrogens with two attached hydrogens (primary N) is 1. The molecule has 2 N–H and O–H groups in total. The van der Waals surface area contributed by atoms with Gasteiger partial charge < -0.3 is 10.3 Å². The monoisotopic (exact) mass is 526 g/mol. The minimum atomic E-state index is -4.67. The van der Waals surface area contributed by atoms with Crippen LogP contribution in [-0.2, 0) is 21.4 Å². The summed E-state index contributed by atoms with van der Waals surface area (Å²) in [7, 11) is -4.57. The average Bonchev–Trinajstić information content (AvgIpc) is 3.39.